The number of unbranched alkanes of at least 4 members (excludes halogenated alkanes) is 1. The van der Waals surface area contributed by atoms with E-state index in [-0.39, 0.29) is 21.7 Å². The van der Waals surface area contributed by atoms with Crippen molar-refractivity contribution in [3.63, 3.8) is 0 Å². The van der Waals surface area contributed by atoms with E-state index in [4.69, 9.17) is 0 Å². The van der Waals surface area contributed by atoms with Crippen LogP contribution in [0.2, 0.25) is 0 Å². The van der Waals surface area contributed by atoms with E-state index < -0.39 is 11.2 Å². The molecule has 0 bridgehead atoms. The molecule has 0 spiro atoms. The van der Waals surface area contributed by atoms with Crippen LogP contribution in [0, 0.1) is 0 Å². The average molecular weight is 647 g/mol. The SMILES string of the molecule is CC(C)(C)c1ccc(C(O)(CCCCC(O)(c2ccc(C(C)(C)C)cc2)c2ccc(C(C)(C)C)cc2)c2ccc(C(C)(C)C)cc2)cc1. The van der Waals surface area contributed by atoms with Gasteiger partial charge in [0.2, 0.25) is 0 Å². The van der Waals surface area contributed by atoms with Crippen molar-refractivity contribution in [1.82, 2.24) is 0 Å². The molecule has 0 saturated heterocycles. The molecule has 0 fully saturated rings. The fraction of sp³-hybridized carbons (Fsp3) is 0.478. The lowest BCUT2D eigenvalue weighted by Gasteiger charge is -2.33. The van der Waals surface area contributed by atoms with Gasteiger partial charge < -0.3 is 10.2 Å². The Morgan fingerprint density at radius 1 is 0.292 bits per heavy atom. The number of benzene rings is 4. The second kappa shape index (κ2) is 13.6. The zero-order valence-electron chi connectivity index (χ0n) is 32.0. The van der Waals surface area contributed by atoms with Crippen LogP contribution in [0.15, 0.2) is 97.1 Å². The van der Waals surface area contributed by atoms with Gasteiger partial charge in [-0.15, -0.1) is 0 Å². The van der Waals surface area contributed by atoms with Crippen LogP contribution < -0.4 is 0 Å². The van der Waals surface area contributed by atoms with Gasteiger partial charge in [0.15, 0.2) is 0 Å². The smallest absolute Gasteiger partial charge is 0.115 e. The molecule has 0 unspecified atom stereocenters. The summed E-state index contributed by atoms with van der Waals surface area (Å²) < 4.78 is 0. The summed E-state index contributed by atoms with van der Waals surface area (Å²) in [7, 11) is 0. The van der Waals surface area contributed by atoms with Crippen molar-refractivity contribution in [2.24, 2.45) is 0 Å². The fourth-order valence-electron chi connectivity index (χ4n) is 6.66. The van der Waals surface area contributed by atoms with Gasteiger partial charge in [0, 0.05) is 0 Å². The van der Waals surface area contributed by atoms with E-state index in [2.05, 4.69) is 180 Å². The standard InChI is InChI=1S/C46H62O2/c1-41(2,3)33-15-23-37(24-16-33)45(47,38-25-17-34(18-26-38)42(4,5)6)31-13-14-32-46(48,39-27-19-35(20-28-39)43(7,8)9)40-29-21-36(22-30-40)44(10,11)12/h15-30,47-48H,13-14,31-32H2,1-12H3. The van der Waals surface area contributed by atoms with E-state index in [1.807, 2.05) is 0 Å². The van der Waals surface area contributed by atoms with Gasteiger partial charge in [0.1, 0.15) is 11.2 Å². The van der Waals surface area contributed by atoms with Crippen LogP contribution in [0.4, 0.5) is 0 Å². The number of aliphatic hydroxyl groups is 2. The predicted octanol–water partition coefficient (Wildman–Crippen LogP) is 11.6. The Hall–Kier alpha value is -3.20. The van der Waals surface area contributed by atoms with Crippen molar-refractivity contribution in [2.45, 2.75) is 142 Å². The van der Waals surface area contributed by atoms with Crippen LogP contribution in [0.25, 0.3) is 0 Å². The second-order valence-corrected chi connectivity index (χ2v) is 18.2. The van der Waals surface area contributed by atoms with Crippen molar-refractivity contribution in [2.75, 3.05) is 0 Å². The van der Waals surface area contributed by atoms with Gasteiger partial charge >= 0.3 is 0 Å². The number of rotatable bonds is 9. The molecule has 2 nitrogen and oxygen atoms in total. The normalized spacial score (nSPS) is 13.5. The van der Waals surface area contributed by atoms with E-state index in [9.17, 15) is 10.2 Å². The van der Waals surface area contributed by atoms with E-state index in [0.717, 1.165) is 35.1 Å². The molecule has 2 heteroatoms. The van der Waals surface area contributed by atoms with Gasteiger partial charge in [-0.3, -0.25) is 0 Å². The van der Waals surface area contributed by atoms with Gasteiger partial charge in [-0.2, -0.15) is 0 Å². The molecule has 0 amide bonds. The first-order chi connectivity index (χ1) is 22.0. The molecule has 0 aliphatic heterocycles. The van der Waals surface area contributed by atoms with Gasteiger partial charge in [0.05, 0.1) is 0 Å². The Kier molecular flexibility index (Phi) is 10.7. The zero-order chi connectivity index (χ0) is 35.8. The lowest BCUT2D eigenvalue weighted by Crippen LogP contribution is -2.30. The molecule has 0 aliphatic carbocycles. The lowest BCUT2D eigenvalue weighted by atomic mass is 9.76. The summed E-state index contributed by atoms with van der Waals surface area (Å²) >= 11 is 0. The van der Waals surface area contributed by atoms with Crippen molar-refractivity contribution in [3.05, 3.63) is 142 Å². The predicted molar refractivity (Wildman–Crippen MR) is 205 cm³/mol. The molecule has 4 aromatic rings. The molecule has 0 aliphatic rings. The second-order valence-electron chi connectivity index (χ2n) is 18.2. The van der Waals surface area contributed by atoms with E-state index in [1.54, 1.807) is 0 Å². The molecule has 2 N–H and O–H groups in total. The Labute approximate surface area is 292 Å². The van der Waals surface area contributed by atoms with Crippen LogP contribution in [-0.4, -0.2) is 10.2 Å². The third kappa shape index (κ3) is 8.50. The summed E-state index contributed by atoms with van der Waals surface area (Å²) in [5.41, 5.74) is 6.46. The highest BCUT2D eigenvalue weighted by molar-refractivity contribution is 5.42. The average Bonchev–Trinajstić information content (AvgIpc) is 3.01. The Balaban J connectivity index is 1.66. The van der Waals surface area contributed by atoms with Gasteiger partial charge in [0.25, 0.3) is 0 Å². The van der Waals surface area contributed by atoms with E-state index in [0.29, 0.717) is 12.8 Å². The minimum Gasteiger partial charge on any atom is -0.380 e. The fourth-order valence-corrected chi connectivity index (χ4v) is 6.66. The minimum absolute atomic E-state index is 0.0334. The van der Waals surface area contributed by atoms with Gasteiger partial charge in [-0.1, -0.05) is 180 Å². The number of hydrogen-bond acceptors (Lipinski definition) is 2. The first-order valence-corrected chi connectivity index (χ1v) is 17.9. The van der Waals surface area contributed by atoms with Crippen LogP contribution in [-0.2, 0) is 32.9 Å². The van der Waals surface area contributed by atoms with E-state index >= 15 is 0 Å². The molecule has 0 saturated carbocycles. The summed E-state index contributed by atoms with van der Waals surface area (Å²) in [5, 5.41) is 25.1. The molecule has 258 valence electrons. The van der Waals surface area contributed by atoms with Crippen LogP contribution in [0.1, 0.15) is 153 Å². The van der Waals surface area contributed by atoms with Crippen LogP contribution >= 0.6 is 0 Å². The van der Waals surface area contributed by atoms with Crippen LogP contribution in [0.5, 0.6) is 0 Å². The Morgan fingerprint density at radius 2 is 0.438 bits per heavy atom. The highest BCUT2D eigenvalue weighted by atomic mass is 16.3. The van der Waals surface area contributed by atoms with Crippen molar-refractivity contribution >= 4 is 0 Å². The summed E-state index contributed by atoms with van der Waals surface area (Å²) in [6.45, 7) is 26.6. The Bertz CT molecular complexity index is 1370. The van der Waals surface area contributed by atoms with Crippen molar-refractivity contribution < 1.29 is 10.2 Å². The minimum atomic E-state index is -1.15. The molecule has 48 heavy (non-hydrogen) atoms. The monoisotopic (exact) mass is 646 g/mol. The lowest BCUT2D eigenvalue weighted by molar-refractivity contribution is 0.0524. The summed E-state index contributed by atoms with van der Waals surface area (Å²) in [5.74, 6) is 0. The maximum atomic E-state index is 12.6. The first-order valence-electron chi connectivity index (χ1n) is 17.9. The molecule has 0 radical (unpaired) electrons. The first kappa shape index (κ1) is 37.6. The Morgan fingerprint density at radius 3 is 0.583 bits per heavy atom. The summed E-state index contributed by atoms with van der Waals surface area (Å²) in [6, 6.07) is 34.1. The van der Waals surface area contributed by atoms with Gasteiger partial charge in [-0.25, -0.2) is 0 Å². The third-order valence-electron chi connectivity index (χ3n) is 10.2. The molecular formula is C46H62O2. The molecule has 0 aromatic heterocycles. The molecule has 0 heterocycles. The highest BCUT2D eigenvalue weighted by Gasteiger charge is 2.35. The topological polar surface area (TPSA) is 40.5 Å². The maximum Gasteiger partial charge on any atom is 0.115 e. The zero-order valence-corrected chi connectivity index (χ0v) is 32.0. The molecule has 0 atom stereocenters. The summed E-state index contributed by atoms with van der Waals surface area (Å²) in [4.78, 5) is 0. The van der Waals surface area contributed by atoms with E-state index in [1.165, 1.54) is 22.3 Å². The van der Waals surface area contributed by atoms with Gasteiger partial charge in [-0.05, 0) is 91.9 Å². The summed E-state index contributed by atoms with van der Waals surface area (Å²) in [6.07, 6.45) is 2.61. The maximum absolute atomic E-state index is 12.6. The van der Waals surface area contributed by atoms with Crippen molar-refractivity contribution in [1.29, 1.82) is 0 Å². The number of hydrogen-bond donors (Lipinski definition) is 2. The molecule has 4 aromatic carbocycles. The largest absolute Gasteiger partial charge is 0.380 e. The third-order valence-corrected chi connectivity index (χ3v) is 10.2. The highest BCUT2D eigenvalue weighted by Crippen LogP contribution is 2.40. The van der Waals surface area contributed by atoms with Crippen molar-refractivity contribution in [3.8, 4) is 0 Å². The quantitative estimate of drug-likeness (QED) is 0.178. The molecule has 4 rings (SSSR count). The van der Waals surface area contributed by atoms with Crippen LogP contribution in [0.3, 0.4) is 0 Å². The molecular weight excluding hydrogens is 585 g/mol.